The Morgan fingerprint density at radius 3 is 2.00 bits per heavy atom. The Bertz CT molecular complexity index is 739. The molecule has 3 nitrogen and oxygen atoms in total. The van der Waals surface area contributed by atoms with Crippen molar-refractivity contribution in [3.05, 3.63) is 30.0 Å². The van der Waals surface area contributed by atoms with E-state index in [0.29, 0.717) is 0 Å². The molecule has 0 N–H and O–H groups in total. The molecular weight excluding hydrogens is 354 g/mol. The molecule has 1 aromatic heterocycles. The van der Waals surface area contributed by atoms with Crippen LogP contribution in [-0.2, 0) is 7.05 Å². The molecule has 2 rings (SSSR count). The van der Waals surface area contributed by atoms with Crippen LogP contribution in [0.5, 0.6) is 0 Å². The topological polar surface area (TPSA) is 11.2 Å². The molecule has 29 heavy (non-hydrogen) atoms. The molecule has 3 heteroatoms. The van der Waals surface area contributed by atoms with Gasteiger partial charge in [0.1, 0.15) is 13.1 Å². The van der Waals surface area contributed by atoms with Crippen LogP contribution in [-0.4, -0.2) is 41.5 Å². The van der Waals surface area contributed by atoms with Crippen molar-refractivity contribution in [3.63, 3.8) is 0 Å². The van der Waals surface area contributed by atoms with E-state index in [1.807, 2.05) is 0 Å². The first-order valence-corrected chi connectivity index (χ1v) is 12.1. The Morgan fingerprint density at radius 1 is 0.862 bits per heavy atom. The Hall–Kier alpha value is -1.77. The quantitative estimate of drug-likeness (QED) is 0.257. The largest absolute Gasteiger partial charge is 0.372 e. The standard InChI is InChI=1S/C26H44N3/c1-6-10-16-28(17-11-7-2)22-23-21-27(5)26-15-14-24(20-25(23)26)29(18-12-8-3)19-13-9-4/h14-15,20-22H,6-13,16-19H2,1-5H3/q+1. The third kappa shape index (κ3) is 6.90. The van der Waals surface area contributed by atoms with Gasteiger partial charge in [-0.2, -0.15) is 0 Å². The second-order valence-electron chi connectivity index (χ2n) is 8.46. The monoisotopic (exact) mass is 398 g/mol. The first-order chi connectivity index (χ1) is 14.1. The summed E-state index contributed by atoms with van der Waals surface area (Å²) in [6.07, 6.45) is 14.8. The van der Waals surface area contributed by atoms with Gasteiger partial charge in [-0.15, -0.1) is 0 Å². The molecule has 0 saturated heterocycles. The highest BCUT2D eigenvalue weighted by Gasteiger charge is 2.13. The van der Waals surface area contributed by atoms with Gasteiger partial charge in [-0.1, -0.05) is 53.4 Å². The summed E-state index contributed by atoms with van der Waals surface area (Å²) in [7, 11) is 2.17. The van der Waals surface area contributed by atoms with Gasteiger partial charge in [-0.05, 0) is 31.0 Å². The van der Waals surface area contributed by atoms with Crippen LogP contribution < -0.4 is 4.90 Å². The van der Waals surface area contributed by atoms with Gasteiger partial charge in [0.2, 0.25) is 0 Å². The highest BCUT2D eigenvalue weighted by atomic mass is 15.1. The van der Waals surface area contributed by atoms with E-state index < -0.39 is 0 Å². The van der Waals surface area contributed by atoms with Gasteiger partial charge in [-0.3, -0.25) is 0 Å². The average molecular weight is 399 g/mol. The normalized spacial score (nSPS) is 11.2. The number of hydrogen-bond donors (Lipinski definition) is 0. The number of rotatable bonds is 14. The number of aryl methyl sites for hydroxylation is 1. The zero-order valence-corrected chi connectivity index (χ0v) is 19.7. The summed E-state index contributed by atoms with van der Waals surface area (Å²) in [5.74, 6) is 0. The predicted molar refractivity (Wildman–Crippen MR) is 130 cm³/mol. The highest BCUT2D eigenvalue weighted by molar-refractivity contribution is 5.99. The number of anilines is 1. The van der Waals surface area contributed by atoms with E-state index in [4.69, 9.17) is 0 Å². The number of nitrogens with zero attached hydrogens (tertiary/aromatic N) is 3. The van der Waals surface area contributed by atoms with E-state index in [2.05, 4.69) is 79.4 Å². The zero-order valence-electron chi connectivity index (χ0n) is 19.7. The van der Waals surface area contributed by atoms with E-state index >= 15 is 0 Å². The average Bonchev–Trinajstić information content (AvgIpc) is 3.04. The Balaban J connectivity index is 2.39. The lowest BCUT2D eigenvalue weighted by molar-refractivity contribution is -0.524. The van der Waals surface area contributed by atoms with Gasteiger partial charge in [0.15, 0.2) is 6.21 Å². The lowest BCUT2D eigenvalue weighted by atomic mass is 10.1. The van der Waals surface area contributed by atoms with Crippen molar-refractivity contribution in [1.82, 2.24) is 4.57 Å². The number of unbranched alkanes of at least 4 members (excludes halogenated alkanes) is 4. The molecular formula is C26H44N3+. The minimum atomic E-state index is 1.16. The molecule has 2 aromatic rings. The molecule has 0 spiro atoms. The molecule has 0 unspecified atom stereocenters. The second kappa shape index (κ2) is 12.7. The maximum absolute atomic E-state index is 2.59. The van der Waals surface area contributed by atoms with Crippen molar-refractivity contribution < 1.29 is 4.58 Å². The first-order valence-electron chi connectivity index (χ1n) is 12.1. The molecule has 0 aliphatic carbocycles. The van der Waals surface area contributed by atoms with Crippen LogP contribution in [0.25, 0.3) is 10.9 Å². The Labute approximate surface area is 179 Å². The van der Waals surface area contributed by atoms with Crippen molar-refractivity contribution >= 4 is 22.8 Å². The lowest BCUT2D eigenvalue weighted by Crippen LogP contribution is -2.25. The molecule has 0 fully saturated rings. The third-order valence-corrected chi connectivity index (χ3v) is 5.85. The number of aromatic nitrogens is 1. The van der Waals surface area contributed by atoms with Crippen LogP contribution in [0.3, 0.4) is 0 Å². The van der Waals surface area contributed by atoms with Gasteiger partial charge >= 0.3 is 0 Å². The number of benzene rings is 1. The number of hydrogen-bond acceptors (Lipinski definition) is 1. The summed E-state index contributed by atoms with van der Waals surface area (Å²) in [6, 6.07) is 7.07. The molecule has 0 amide bonds. The number of fused-ring (bicyclic) bond motifs is 1. The van der Waals surface area contributed by atoms with Crippen LogP contribution >= 0.6 is 0 Å². The maximum Gasteiger partial charge on any atom is 0.172 e. The van der Waals surface area contributed by atoms with Crippen molar-refractivity contribution in [3.8, 4) is 0 Å². The lowest BCUT2D eigenvalue weighted by Gasteiger charge is -2.25. The van der Waals surface area contributed by atoms with E-state index in [0.717, 1.165) is 26.2 Å². The molecule has 1 aromatic carbocycles. The SMILES string of the molecule is CCCCN(CCCC)c1ccc2c(c1)c(C=[N+](CCCC)CCCC)cn2C. The Kier molecular flexibility index (Phi) is 10.3. The second-order valence-corrected chi connectivity index (χ2v) is 8.46. The van der Waals surface area contributed by atoms with Gasteiger partial charge in [-0.25, -0.2) is 4.58 Å². The highest BCUT2D eigenvalue weighted by Crippen LogP contribution is 2.26. The van der Waals surface area contributed by atoms with Crippen LogP contribution in [0.4, 0.5) is 5.69 Å². The molecule has 0 bridgehead atoms. The zero-order chi connectivity index (χ0) is 21.1. The molecule has 162 valence electrons. The van der Waals surface area contributed by atoms with Gasteiger partial charge in [0.05, 0.1) is 5.56 Å². The van der Waals surface area contributed by atoms with Crippen LogP contribution in [0.15, 0.2) is 24.4 Å². The Morgan fingerprint density at radius 2 is 1.45 bits per heavy atom. The fraction of sp³-hybridized carbons (Fsp3) is 0.654. The first kappa shape index (κ1) is 23.5. The fourth-order valence-corrected chi connectivity index (χ4v) is 3.94. The van der Waals surface area contributed by atoms with E-state index in [9.17, 15) is 0 Å². The summed E-state index contributed by atoms with van der Waals surface area (Å²) in [6.45, 7) is 13.8. The van der Waals surface area contributed by atoms with Gasteiger partial charge < -0.3 is 9.47 Å². The van der Waals surface area contributed by atoms with E-state index in [-0.39, 0.29) is 0 Å². The summed E-state index contributed by atoms with van der Waals surface area (Å²) < 4.78 is 4.82. The predicted octanol–water partition coefficient (Wildman–Crippen LogP) is 6.62. The van der Waals surface area contributed by atoms with E-state index in [1.165, 1.54) is 73.5 Å². The molecule has 0 saturated carbocycles. The summed E-state index contributed by atoms with van der Waals surface area (Å²) >= 11 is 0. The van der Waals surface area contributed by atoms with Crippen molar-refractivity contribution in [1.29, 1.82) is 0 Å². The molecule has 0 aliphatic rings. The molecule has 0 radical (unpaired) electrons. The summed E-state index contributed by atoms with van der Waals surface area (Å²) in [5, 5.41) is 1.39. The van der Waals surface area contributed by atoms with Crippen molar-refractivity contribution in [2.75, 3.05) is 31.1 Å². The van der Waals surface area contributed by atoms with Gasteiger partial charge in [0, 0.05) is 55.8 Å². The van der Waals surface area contributed by atoms with Crippen LogP contribution in [0.1, 0.15) is 84.6 Å². The minimum absolute atomic E-state index is 1.16. The van der Waals surface area contributed by atoms with Crippen molar-refractivity contribution in [2.45, 2.75) is 79.1 Å². The van der Waals surface area contributed by atoms with E-state index in [1.54, 1.807) is 0 Å². The molecule has 1 heterocycles. The van der Waals surface area contributed by atoms with Crippen LogP contribution in [0.2, 0.25) is 0 Å². The van der Waals surface area contributed by atoms with Crippen LogP contribution in [0, 0.1) is 0 Å². The molecule has 0 atom stereocenters. The third-order valence-electron chi connectivity index (χ3n) is 5.85. The van der Waals surface area contributed by atoms with Crippen molar-refractivity contribution in [2.24, 2.45) is 7.05 Å². The van der Waals surface area contributed by atoms with Gasteiger partial charge in [0.25, 0.3) is 0 Å². The summed E-state index contributed by atoms with van der Waals surface area (Å²) in [4.78, 5) is 2.59. The fourth-order valence-electron chi connectivity index (χ4n) is 3.94. The smallest absolute Gasteiger partial charge is 0.172 e. The molecule has 0 aliphatic heterocycles. The summed E-state index contributed by atoms with van der Waals surface area (Å²) in [5.41, 5.74) is 4.08. The maximum atomic E-state index is 2.59. The minimum Gasteiger partial charge on any atom is -0.372 e.